The molecule has 1 aromatic heterocycles. The lowest BCUT2D eigenvalue weighted by atomic mass is 9.89. The number of piperidine rings is 1. The van der Waals surface area contributed by atoms with E-state index in [1.807, 2.05) is 11.0 Å². The molecule has 0 spiro atoms. The van der Waals surface area contributed by atoms with Gasteiger partial charge in [-0.3, -0.25) is 9.89 Å². The van der Waals surface area contributed by atoms with E-state index in [1.54, 1.807) is 12.3 Å². The lowest BCUT2D eigenvalue weighted by Gasteiger charge is -2.35. The third-order valence-electron chi connectivity index (χ3n) is 5.84. The summed E-state index contributed by atoms with van der Waals surface area (Å²) >= 11 is 0. The number of nitrogens with two attached hydrogens (primary N) is 1. The number of nitrogens with zero attached hydrogens (tertiary/aromatic N) is 3. The van der Waals surface area contributed by atoms with Crippen LogP contribution in [-0.2, 0) is 4.79 Å². The molecule has 28 heavy (non-hydrogen) atoms. The van der Waals surface area contributed by atoms with Gasteiger partial charge in [-0.15, -0.1) is 0 Å². The average molecular weight is 385 g/mol. The van der Waals surface area contributed by atoms with Gasteiger partial charge in [-0.1, -0.05) is 12.1 Å². The van der Waals surface area contributed by atoms with Crippen molar-refractivity contribution in [3.63, 3.8) is 0 Å². The molecule has 0 saturated carbocycles. The zero-order valence-electron chi connectivity index (χ0n) is 15.6. The van der Waals surface area contributed by atoms with Crippen LogP contribution in [0.25, 0.3) is 11.1 Å². The molecule has 2 fully saturated rings. The zero-order valence-corrected chi connectivity index (χ0v) is 15.6. The van der Waals surface area contributed by atoms with Crippen LogP contribution in [0.1, 0.15) is 37.3 Å². The van der Waals surface area contributed by atoms with Crippen LogP contribution in [0.4, 0.5) is 9.18 Å². The summed E-state index contributed by atoms with van der Waals surface area (Å²) in [5, 5.41) is 7.23. The fourth-order valence-electron chi connectivity index (χ4n) is 4.38. The Hall–Kier alpha value is -2.90. The second-order valence-electron chi connectivity index (χ2n) is 7.50. The fraction of sp³-hybridized carbons (Fsp3) is 0.450. The maximum Gasteiger partial charge on any atom is 0.315 e. The van der Waals surface area contributed by atoms with Crippen molar-refractivity contribution in [2.45, 2.75) is 37.6 Å². The first-order valence-electron chi connectivity index (χ1n) is 9.68. The van der Waals surface area contributed by atoms with E-state index >= 15 is 0 Å². The first-order valence-corrected chi connectivity index (χ1v) is 9.68. The number of carbonyl (C=O) groups is 2. The van der Waals surface area contributed by atoms with Crippen molar-refractivity contribution in [2.24, 2.45) is 5.73 Å². The summed E-state index contributed by atoms with van der Waals surface area (Å²) in [6.07, 6.45) is 4.79. The van der Waals surface area contributed by atoms with Crippen molar-refractivity contribution in [3.8, 4) is 11.1 Å². The molecule has 1 atom stereocenters. The van der Waals surface area contributed by atoms with Gasteiger partial charge in [0, 0.05) is 36.8 Å². The van der Waals surface area contributed by atoms with Crippen LogP contribution in [-0.4, -0.2) is 57.6 Å². The summed E-state index contributed by atoms with van der Waals surface area (Å²) in [4.78, 5) is 27.7. The van der Waals surface area contributed by atoms with Crippen molar-refractivity contribution >= 4 is 11.9 Å². The predicted octanol–water partition coefficient (Wildman–Crippen LogP) is 2.46. The van der Waals surface area contributed by atoms with E-state index in [4.69, 9.17) is 5.73 Å². The van der Waals surface area contributed by atoms with E-state index in [2.05, 4.69) is 10.2 Å². The Bertz CT molecular complexity index is 875. The Morgan fingerprint density at radius 1 is 1.18 bits per heavy atom. The van der Waals surface area contributed by atoms with Crippen molar-refractivity contribution in [2.75, 3.05) is 19.6 Å². The highest BCUT2D eigenvalue weighted by atomic mass is 19.1. The third-order valence-corrected chi connectivity index (χ3v) is 5.84. The maximum atomic E-state index is 13.6. The molecular formula is C20H24FN5O2. The Kier molecular flexibility index (Phi) is 5.02. The van der Waals surface area contributed by atoms with E-state index < -0.39 is 12.1 Å². The maximum absolute atomic E-state index is 13.6. The number of nitrogens with one attached hydrogen (secondary N) is 1. The number of hydrogen-bond acceptors (Lipinski definition) is 3. The minimum absolute atomic E-state index is 0.00952. The summed E-state index contributed by atoms with van der Waals surface area (Å²) in [5.74, 6) is -0.0639. The Labute approximate surface area is 162 Å². The van der Waals surface area contributed by atoms with Crippen molar-refractivity contribution in [1.29, 1.82) is 0 Å². The van der Waals surface area contributed by atoms with Crippen LogP contribution in [0.3, 0.4) is 0 Å². The van der Waals surface area contributed by atoms with E-state index in [0.29, 0.717) is 26.1 Å². The minimum atomic E-state index is -0.525. The van der Waals surface area contributed by atoms with Gasteiger partial charge >= 0.3 is 6.03 Å². The standard InChI is InChI=1S/C20H24FN5O2/c21-15-4-1-3-14(11-15)16-12-23-24-18(16)13-6-9-25(10-7-13)19(27)17-5-2-8-26(17)20(22)28/h1,3-4,11-13,17H,2,5-10H2,(H2,22,28)(H,23,24)/t17-/m1/s1. The molecule has 4 rings (SSSR count). The van der Waals surface area contributed by atoms with Gasteiger partial charge in [-0.2, -0.15) is 5.10 Å². The number of rotatable bonds is 3. The monoisotopic (exact) mass is 385 g/mol. The SMILES string of the molecule is NC(=O)N1CCC[C@@H]1C(=O)N1CCC(c2[nH]ncc2-c2cccc(F)c2)CC1. The number of hydrogen-bond donors (Lipinski definition) is 2. The Morgan fingerprint density at radius 2 is 1.96 bits per heavy atom. The van der Waals surface area contributed by atoms with Gasteiger partial charge in [0.1, 0.15) is 11.9 Å². The molecule has 3 amide bonds. The van der Waals surface area contributed by atoms with Crippen LogP contribution < -0.4 is 5.73 Å². The molecular weight excluding hydrogens is 361 g/mol. The molecule has 0 aliphatic carbocycles. The molecule has 2 saturated heterocycles. The number of likely N-dealkylation sites (tertiary alicyclic amines) is 2. The number of H-pyrrole nitrogens is 1. The first kappa shape index (κ1) is 18.5. The van der Waals surface area contributed by atoms with Crippen molar-refractivity contribution < 1.29 is 14.0 Å². The normalized spacial score (nSPS) is 20.5. The molecule has 148 valence electrons. The summed E-state index contributed by atoms with van der Waals surface area (Å²) in [5.41, 5.74) is 8.09. The molecule has 2 aliphatic rings. The average Bonchev–Trinajstić information content (AvgIpc) is 3.37. The van der Waals surface area contributed by atoms with Gasteiger partial charge in [0.15, 0.2) is 0 Å². The third kappa shape index (κ3) is 3.46. The number of carbonyl (C=O) groups excluding carboxylic acids is 2. The number of aromatic amines is 1. The van der Waals surface area contributed by atoms with E-state index in [-0.39, 0.29) is 17.6 Å². The van der Waals surface area contributed by atoms with Crippen LogP contribution in [0.5, 0.6) is 0 Å². The number of aromatic nitrogens is 2. The molecule has 3 N–H and O–H groups in total. The van der Waals surface area contributed by atoms with Crippen LogP contribution in [0.2, 0.25) is 0 Å². The molecule has 2 aromatic rings. The fourth-order valence-corrected chi connectivity index (χ4v) is 4.38. The molecule has 2 aliphatic heterocycles. The van der Waals surface area contributed by atoms with Gasteiger partial charge in [-0.05, 0) is 43.4 Å². The number of benzene rings is 1. The van der Waals surface area contributed by atoms with Crippen molar-refractivity contribution in [3.05, 3.63) is 42.0 Å². The quantitative estimate of drug-likeness (QED) is 0.850. The van der Waals surface area contributed by atoms with Gasteiger partial charge in [0.2, 0.25) is 5.91 Å². The lowest BCUT2D eigenvalue weighted by molar-refractivity contribution is -0.136. The molecule has 7 nitrogen and oxygen atoms in total. The number of halogens is 1. The molecule has 1 aromatic carbocycles. The summed E-state index contributed by atoms with van der Waals surface area (Å²) in [6.45, 7) is 1.79. The van der Waals surface area contributed by atoms with Gasteiger partial charge in [0.05, 0.1) is 6.20 Å². The highest BCUT2D eigenvalue weighted by Crippen LogP contribution is 2.34. The molecule has 8 heteroatoms. The summed E-state index contributed by atoms with van der Waals surface area (Å²) in [7, 11) is 0. The van der Waals surface area contributed by atoms with Crippen LogP contribution in [0.15, 0.2) is 30.5 Å². The number of primary amides is 1. The van der Waals surface area contributed by atoms with Gasteiger partial charge < -0.3 is 15.5 Å². The largest absolute Gasteiger partial charge is 0.351 e. The van der Waals surface area contributed by atoms with Crippen molar-refractivity contribution in [1.82, 2.24) is 20.0 Å². The topological polar surface area (TPSA) is 95.3 Å². The molecule has 0 bridgehead atoms. The highest BCUT2D eigenvalue weighted by molar-refractivity contribution is 5.87. The second-order valence-corrected chi connectivity index (χ2v) is 7.50. The van der Waals surface area contributed by atoms with E-state index in [9.17, 15) is 14.0 Å². The summed E-state index contributed by atoms with van der Waals surface area (Å²) < 4.78 is 13.6. The minimum Gasteiger partial charge on any atom is -0.351 e. The van der Waals surface area contributed by atoms with E-state index in [1.165, 1.54) is 17.0 Å². The highest BCUT2D eigenvalue weighted by Gasteiger charge is 2.37. The molecule has 0 unspecified atom stereocenters. The summed E-state index contributed by atoms with van der Waals surface area (Å²) in [6, 6.07) is 5.53. The van der Waals surface area contributed by atoms with Crippen LogP contribution >= 0.6 is 0 Å². The lowest BCUT2D eigenvalue weighted by Crippen LogP contribution is -2.51. The van der Waals surface area contributed by atoms with Gasteiger partial charge in [-0.25, -0.2) is 9.18 Å². The van der Waals surface area contributed by atoms with Gasteiger partial charge in [0.25, 0.3) is 0 Å². The second kappa shape index (κ2) is 7.61. The van der Waals surface area contributed by atoms with Crippen LogP contribution in [0, 0.1) is 5.82 Å². The number of urea groups is 1. The Morgan fingerprint density at radius 3 is 2.68 bits per heavy atom. The predicted molar refractivity (Wildman–Crippen MR) is 102 cm³/mol. The van der Waals surface area contributed by atoms with E-state index in [0.717, 1.165) is 36.1 Å². The smallest absolute Gasteiger partial charge is 0.315 e. The zero-order chi connectivity index (χ0) is 19.7. The molecule has 3 heterocycles. The first-order chi connectivity index (χ1) is 13.5. The molecule has 0 radical (unpaired) electrons. The Balaban J connectivity index is 1.43. The number of amides is 3.